The molecule has 0 fully saturated rings. The smallest absolute Gasteiger partial charge is 0.221 e. The standard InChI is InChI=1S/C24H45N3O/c1-5-7-8-9-10-11-12-13-14-15-16-17-18-19-24-25-20-21-27(24,6-2)22(3)26-23(4)28/h16-17,20,22,24H,5-15,18-19,21H2,1-4H3/p+1/b17-16+. The molecule has 0 aromatic rings. The maximum Gasteiger partial charge on any atom is 0.221 e. The summed E-state index contributed by atoms with van der Waals surface area (Å²) in [5.74, 6) is 0.0463. The molecule has 0 saturated heterocycles. The van der Waals surface area contributed by atoms with Crippen molar-refractivity contribution in [2.45, 2.75) is 117 Å². The Morgan fingerprint density at radius 3 is 2.29 bits per heavy atom. The summed E-state index contributed by atoms with van der Waals surface area (Å²) in [6, 6.07) is 0. The summed E-state index contributed by atoms with van der Waals surface area (Å²) in [7, 11) is 0. The molecule has 4 heteroatoms. The lowest BCUT2D eigenvalue weighted by Gasteiger charge is -2.42. The molecule has 1 heterocycles. The van der Waals surface area contributed by atoms with Crippen LogP contribution in [0.5, 0.6) is 0 Å². The van der Waals surface area contributed by atoms with Gasteiger partial charge in [-0.1, -0.05) is 70.4 Å². The number of quaternary nitrogens is 1. The molecular weight excluding hydrogens is 346 g/mol. The van der Waals surface area contributed by atoms with E-state index in [1.54, 1.807) is 6.92 Å². The van der Waals surface area contributed by atoms with E-state index in [9.17, 15) is 4.79 Å². The van der Waals surface area contributed by atoms with Crippen LogP contribution in [-0.2, 0) is 4.79 Å². The largest absolute Gasteiger partial charge is 0.307 e. The molecule has 162 valence electrons. The minimum Gasteiger partial charge on any atom is -0.307 e. The Morgan fingerprint density at radius 1 is 1.07 bits per heavy atom. The Hall–Kier alpha value is -1.16. The van der Waals surface area contributed by atoms with Gasteiger partial charge in [0.05, 0.1) is 12.8 Å². The van der Waals surface area contributed by atoms with Gasteiger partial charge in [0.1, 0.15) is 6.54 Å². The Morgan fingerprint density at radius 2 is 1.68 bits per heavy atom. The van der Waals surface area contributed by atoms with Gasteiger partial charge < -0.3 is 5.32 Å². The quantitative estimate of drug-likeness (QED) is 0.196. The molecule has 1 aliphatic rings. The zero-order chi connectivity index (χ0) is 20.7. The summed E-state index contributed by atoms with van der Waals surface area (Å²) in [6.45, 7) is 10.1. The van der Waals surface area contributed by atoms with E-state index in [0.717, 1.165) is 30.4 Å². The van der Waals surface area contributed by atoms with Crippen LogP contribution in [0.3, 0.4) is 0 Å². The summed E-state index contributed by atoms with van der Waals surface area (Å²) >= 11 is 0. The molecule has 0 aliphatic carbocycles. The Bertz CT molecular complexity index is 474. The highest BCUT2D eigenvalue weighted by molar-refractivity contribution is 5.73. The number of hydrogen-bond donors (Lipinski definition) is 1. The number of rotatable bonds is 16. The second-order valence-corrected chi connectivity index (χ2v) is 8.46. The van der Waals surface area contributed by atoms with E-state index >= 15 is 0 Å². The lowest BCUT2D eigenvalue weighted by Crippen LogP contribution is -2.63. The monoisotopic (exact) mass is 392 g/mol. The second-order valence-electron chi connectivity index (χ2n) is 8.46. The van der Waals surface area contributed by atoms with Crippen molar-refractivity contribution in [2.75, 3.05) is 13.1 Å². The topological polar surface area (TPSA) is 41.5 Å². The third kappa shape index (κ3) is 8.89. The highest BCUT2D eigenvalue weighted by atomic mass is 16.1. The van der Waals surface area contributed by atoms with E-state index < -0.39 is 0 Å². The third-order valence-electron chi connectivity index (χ3n) is 6.30. The summed E-state index contributed by atoms with van der Waals surface area (Å²) in [6.07, 6.45) is 23.0. The fourth-order valence-electron chi connectivity index (χ4n) is 4.41. The fraction of sp³-hybridized carbons (Fsp3) is 0.833. The summed E-state index contributed by atoms with van der Waals surface area (Å²) in [5, 5.41) is 3.09. The van der Waals surface area contributed by atoms with Crippen molar-refractivity contribution >= 4 is 12.1 Å². The van der Waals surface area contributed by atoms with Gasteiger partial charge in [-0.2, -0.15) is 0 Å². The molecule has 1 amide bonds. The number of amides is 1. The minimum absolute atomic E-state index is 0.0463. The van der Waals surface area contributed by atoms with Crippen LogP contribution in [0.2, 0.25) is 0 Å². The lowest BCUT2D eigenvalue weighted by atomic mass is 10.1. The van der Waals surface area contributed by atoms with Crippen LogP contribution < -0.4 is 5.32 Å². The molecule has 0 radical (unpaired) electrons. The molecule has 4 nitrogen and oxygen atoms in total. The van der Waals surface area contributed by atoms with Crippen molar-refractivity contribution in [1.82, 2.24) is 5.32 Å². The molecular formula is C24H46N3O+. The van der Waals surface area contributed by atoms with Crippen molar-refractivity contribution in [3.8, 4) is 0 Å². The second kappa shape index (κ2) is 14.8. The number of hydrogen-bond acceptors (Lipinski definition) is 2. The molecule has 1 N–H and O–H groups in total. The van der Waals surface area contributed by atoms with Gasteiger partial charge in [0.15, 0.2) is 12.3 Å². The van der Waals surface area contributed by atoms with Gasteiger partial charge in [-0.25, -0.2) is 4.99 Å². The van der Waals surface area contributed by atoms with E-state index in [1.807, 2.05) is 0 Å². The SMILES string of the molecule is CCCCCCCCCCC/C=C/CCC1N=CC[N+]1(CC)C(C)NC(C)=O. The van der Waals surface area contributed by atoms with Gasteiger partial charge >= 0.3 is 0 Å². The highest BCUT2D eigenvalue weighted by Gasteiger charge is 2.42. The average Bonchev–Trinajstić information content (AvgIpc) is 3.09. The van der Waals surface area contributed by atoms with Crippen molar-refractivity contribution < 1.29 is 9.28 Å². The van der Waals surface area contributed by atoms with Gasteiger partial charge in [-0.15, -0.1) is 0 Å². The van der Waals surface area contributed by atoms with Gasteiger partial charge in [0, 0.05) is 20.3 Å². The van der Waals surface area contributed by atoms with Gasteiger partial charge in [-0.3, -0.25) is 9.28 Å². The maximum atomic E-state index is 11.5. The van der Waals surface area contributed by atoms with Crippen molar-refractivity contribution in [3.63, 3.8) is 0 Å². The molecule has 3 unspecified atom stereocenters. The van der Waals surface area contributed by atoms with Crippen LogP contribution in [0.4, 0.5) is 0 Å². The zero-order valence-electron chi connectivity index (χ0n) is 19.1. The van der Waals surface area contributed by atoms with E-state index in [4.69, 9.17) is 4.99 Å². The number of nitrogens with zero attached hydrogens (tertiary/aromatic N) is 2. The van der Waals surface area contributed by atoms with Gasteiger partial charge in [0.2, 0.25) is 5.91 Å². The van der Waals surface area contributed by atoms with Crippen LogP contribution in [0, 0.1) is 0 Å². The molecule has 0 aromatic heterocycles. The van der Waals surface area contributed by atoms with Crippen LogP contribution in [0.25, 0.3) is 0 Å². The first-order chi connectivity index (χ1) is 13.6. The normalized spacial score (nSPS) is 22.8. The first-order valence-electron chi connectivity index (χ1n) is 11.9. The van der Waals surface area contributed by atoms with Crippen molar-refractivity contribution in [2.24, 2.45) is 4.99 Å². The number of unbranched alkanes of at least 4 members (excludes halogenated alkanes) is 9. The highest BCUT2D eigenvalue weighted by Crippen LogP contribution is 2.26. The number of aliphatic imine (C=N–C) groups is 1. The predicted octanol–water partition coefficient (Wildman–Crippen LogP) is 5.97. The molecule has 0 aromatic carbocycles. The van der Waals surface area contributed by atoms with E-state index in [2.05, 4.69) is 44.5 Å². The van der Waals surface area contributed by atoms with Crippen LogP contribution in [-0.4, -0.2) is 42.0 Å². The Kier molecular flexibility index (Phi) is 13.1. The van der Waals surface area contributed by atoms with Crippen LogP contribution >= 0.6 is 0 Å². The van der Waals surface area contributed by atoms with E-state index in [0.29, 0.717) is 0 Å². The molecule has 0 bridgehead atoms. The molecule has 0 saturated carbocycles. The van der Waals surface area contributed by atoms with Crippen LogP contribution in [0.15, 0.2) is 17.1 Å². The van der Waals surface area contributed by atoms with E-state index in [1.165, 1.54) is 64.2 Å². The first kappa shape index (κ1) is 24.9. The lowest BCUT2D eigenvalue weighted by molar-refractivity contribution is -0.959. The number of carbonyl (C=O) groups is 1. The number of allylic oxidation sites excluding steroid dienone is 2. The summed E-state index contributed by atoms with van der Waals surface area (Å²) in [5.41, 5.74) is 0. The Balaban J connectivity index is 2.16. The molecule has 1 rings (SSSR count). The molecule has 0 spiro atoms. The summed E-state index contributed by atoms with van der Waals surface area (Å²) < 4.78 is 0.853. The number of nitrogens with one attached hydrogen (secondary N) is 1. The third-order valence-corrected chi connectivity index (χ3v) is 6.30. The average molecular weight is 393 g/mol. The van der Waals surface area contributed by atoms with Gasteiger partial charge in [-0.05, 0) is 26.2 Å². The zero-order valence-corrected chi connectivity index (χ0v) is 19.1. The predicted molar refractivity (Wildman–Crippen MR) is 121 cm³/mol. The molecule has 28 heavy (non-hydrogen) atoms. The molecule has 3 atom stereocenters. The van der Waals surface area contributed by atoms with Crippen molar-refractivity contribution in [1.29, 1.82) is 0 Å². The molecule has 1 aliphatic heterocycles. The number of carbonyl (C=O) groups excluding carboxylic acids is 1. The fourth-order valence-corrected chi connectivity index (χ4v) is 4.41. The Labute approximate surface area is 174 Å². The van der Waals surface area contributed by atoms with E-state index in [-0.39, 0.29) is 18.2 Å². The van der Waals surface area contributed by atoms with Gasteiger partial charge in [0.25, 0.3) is 0 Å². The van der Waals surface area contributed by atoms with Crippen molar-refractivity contribution in [3.05, 3.63) is 12.2 Å². The minimum atomic E-state index is 0.0463. The summed E-state index contributed by atoms with van der Waals surface area (Å²) in [4.78, 5) is 16.2. The maximum absolute atomic E-state index is 11.5. The first-order valence-corrected chi connectivity index (χ1v) is 11.9. The van der Waals surface area contributed by atoms with Crippen LogP contribution in [0.1, 0.15) is 105 Å².